The van der Waals surface area contributed by atoms with Crippen molar-refractivity contribution >= 4 is 15.7 Å². The van der Waals surface area contributed by atoms with Crippen molar-refractivity contribution < 1.29 is 22.7 Å². The maximum absolute atomic E-state index is 13.4. The van der Waals surface area contributed by atoms with Crippen LogP contribution in [0.15, 0.2) is 52.5 Å². The number of hydrazone groups is 1. The molecule has 6 nitrogen and oxygen atoms in total. The number of phenols is 1. The molecular weight excluding hydrogens is 347 g/mol. The van der Waals surface area contributed by atoms with Crippen LogP contribution in [0.25, 0.3) is 0 Å². The lowest BCUT2D eigenvalue weighted by molar-refractivity contribution is 0.340. The molecule has 134 valence electrons. The fourth-order valence-electron chi connectivity index (χ4n) is 2.12. The zero-order valence-electron chi connectivity index (χ0n) is 13.9. The number of ether oxygens (including phenoxy) is 1. The molecule has 0 saturated heterocycles. The SMILES string of the molecule is CCOc1ccc(S(=O)(=O)NN=C(CC)c2cc(F)ccc2O)cc1. The molecule has 2 rings (SSSR count). The second-order valence-corrected chi connectivity index (χ2v) is 6.73. The van der Waals surface area contributed by atoms with E-state index in [1.807, 2.05) is 6.92 Å². The summed E-state index contributed by atoms with van der Waals surface area (Å²) in [6.45, 7) is 4.02. The molecular formula is C17H19FN2O4S. The van der Waals surface area contributed by atoms with Crippen molar-refractivity contribution in [2.75, 3.05) is 6.61 Å². The van der Waals surface area contributed by atoms with E-state index in [4.69, 9.17) is 4.74 Å². The van der Waals surface area contributed by atoms with Crippen molar-refractivity contribution in [3.63, 3.8) is 0 Å². The van der Waals surface area contributed by atoms with Crippen LogP contribution in [0.5, 0.6) is 11.5 Å². The Morgan fingerprint density at radius 3 is 2.48 bits per heavy atom. The molecule has 0 aliphatic heterocycles. The fourth-order valence-corrected chi connectivity index (χ4v) is 2.95. The van der Waals surface area contributed by atoms with Gasteiger partial charge in [0, 0.05) is 5.56 Å². The number of phenolic OH excluding ortho intramolecular Hbond substituents is 1. The van der Waals surface area contributed by atoms with Gasteiger partial charge in [-0.1, -0.05) is 6.92 Å². The topological polar surface area (TPSA) is 88.0 Å². The van der Waals surface area contributed by atoms with E-state index in [0.29, 0.717) is 18.8 Å². The highest BCUT2D eigenvalue weighted by molar-refractivity contribution is 7.89. The standard InChI is InChI=1S/C17H19FN2O4S/c1-3-16(15-11-12(18)5-10-17(15)21)19-20-25(22,23)14-8-6-13(7-9-14)24-4-2/h5-11,20-21H,3-4H2,1-2H3. The van der Waals surface area contributed by atoms with Crippen LogP contribution in [-0.4, -0.2) is 25.8 Å². The number of hydrogen-bond acceptors (Lipinski definition) is 5. The fraction of sp³-hybridized carbons (Fsp3) is 0.235. The molecule has 0 atom stereocenters. The van der Waals surface area contributed by atoms with Gasteiger partial charge in [0.2, 0.25) is 0 Å². The van der Waals surface area contributed by atoms with Gasteiger partial charge in [0.05, 0.1) is 17.2 Å². The first-order valence-corrected chi connectivity index (χ1v) is 9.15. The second kappa shape index (κ2) is 7.98. The van der Waals surface area contributed by atoms with E-state index in [1.165, 1.54) is 18.2 Å². The molecule has 0 amide bonds. The number of halogens is 1. The molecule has 0 radical (unpaired) electrons. The van der Waals surface area contributed by atoms with E-state index in [-0.39, 0.29) is 21.9 Å². The molecule has 8 heteroatoms. The van der Waals surface area contributed by atoms with E-state index in [1.54, 1.807) is 19.1 Å². The minimum atomic E-state index is -3.90. The molecule has 2 aromatic rings. The summed E-state index contributed by atoms with van der Waals surface area (Å²) >= 11 is 0. The molecule has 0 aliphatic rings. The number of benzene rings is 2. The van der Waals surface area contributed by atoms with Gasteiger partial charge < -0.3 is 9.84 Å². The average molecular weight is 366 g/mol. The van der Waals surface area contributed by atoms with Gasteiger partial charge in [-0.15, -0.1) is 0 Å². The zero-order chi connectivity index (χ0) is 18.4. The highest BCUT2D eigenvalue weighted by atomic mass is 32.2. The number of sulfonamides is 1. The zero-order valence-corrected chi connectivity index (χ0v) is 14.7. The average Bonchev–Trinajstić information content (AvgIpc) is 2.59. The lowest BCUT2D eigenvalue weighted by Gasteiger charge is -2.09. The molecule has 0 fully saturated rings. The van der Waals surface area contributed by atoms with Gasteiger partial charge in [-0.2, -0.15) is 18.4 Å². The molecule has 0 aliphatic carbocycles. The van der Waals surface area contributed by atoms with Gasteiger partial charge in [-0.3, -0.25) is 0 Å². The smallest absolute Gasteiger partial charge is 0.276 e. The number of hydrogen-bond donors (Lipinski definition) is 2. The Kier molecular flexibility index (Phi) is 5.97. The summed E-state index contributed by atoms with van der Waals surface area (Å²) in [5.74, 6) is -0.172. The Bertz CT molecular complexity index is 865. The lowest BCUT2D eigenvalue weighted by Crippen LogP contribution is -2.20. The van der Waals surface area contributed by atoms with E-state index in [2.05, 4.69) is 9.93 Å². The van der Waals surface area contributed by atoms with Crippen LogP contribution in [0.3, 0.4) is 0 Å². The molecule has 0 bridgehead atoms. The highest BCUT2D eigenvalue weighted by Crippen LogP contribution is 2.20. The van der Waals surface area contributed by atoms with Crippen LogP contribution in [0.2, 0.25) is 0 Å². The summed E-state index contributed by atoms with van der Waals surface area (Å²) in [6.07, 6.45) is 0.294. The molecule has 2 aromatic carbocycles. The predicted molar refractivity (Wildman–Crippen MR) is 92.8 cm³/mol. The monoisotopic (exact) mass is 366 g/mol. The molecule has 25 heavy (non-hydrogen) atoms. The maximum Gasteiger partial charge on any atom is 0.276 e. The van der Waals surface area contributed by atoms with Crippen molar-refractivity contribution in [1.29, 1.82) is 0 Å². The molecule has 2 N–H and O–H groups in total. The summed E-state index contributed by atoms with van der Waals surface area (Å²) in [5.41, 5.74) is 0.350. The largest absolute Gasteiger partial charge is 0.507 e. The van der Waals surface area contributed by atoms with Gasteiger partial charge in [0.25, 0.3) is 10.0 Å². The third-order valence-corrected chi connectivity index (χ3v) is 4.57. The minimum Gasteiger partial charge on any atom is -0.507 e. The number of rotatable bonds is 7. The maximum atomic E-state index is 13.4. The van der Waals surface area contributed by atoms with E-state index >= 15 is 0 Å². The molecule has 0 saturated carbocycles. The molecule has 0 heterocycles. The Balaban J connectivity index is 2.26. The van der Waals surface area contributed by atoms with Crippen LogP contribution in [0.4, 0.5) is 4.39 Å². The highest BCUT2D eigenvalue weighted by Gasteiger charge is 2.15. The van der Waals surface area contributed by atoms with Crippen LogP contribution in [0.1, 0.15) is 25.8 Å². The van der Waals surface area contributed by atoms with Crippen LogP contribution in [-0.2, 0) is 10.0 Å². The Morgan fingerprint density at radius 2 is 1.88 bits per heavy atom. The van der Waals surface area contributed by atoms with Crippen LogP contribution >= 0.6 is 0 Å². The lowest BCUT2D eigenvalue weighted by atomic mass is 10.1. The Morgan fingerprint density at radius 1 is 1.20 bits per heavy atom. The first-order chi connectivity index (χ1) is 11.9. The van der Waals surface area contributed by atoms with E-state index in [9.17, 15) is 17.9 Å². The summed E-state index contributed by atoms with van der Waals surface area (Å²) in [4.78, 5) is 2.12. The Hall–Kier alpha value is -2.61. The van der Waals surface area contributed by atoms with Gasteiger partial charge >= 0.3 is 0 Å². The summed E-state index contributed by atoms with van der Waals surface area (Å²) in [5, 5.41) is 13.7. The first-order valence-electron chi connectivity index (χ1n) is 7.67. The number of nitrogens with zero attached hydrogens (tertiary/aromatic N) is 1. The van der Waals surface area contributed by atoms with Gasteiger partial charge in [0.15, 0.2) is 0 Å². The quantitative estimate of drug-likeness (QED) is 0.582. The summed E-state index contributed by atoms with van der Waals surface area (Å²) in [7, 11) is -3.90. The Labute approximate surface area is 146 Å². The summed E-state index contributed by atoms with van der Waals surface area (Å²) in [6, 6.07) is 9.28. The number of nitrogens with one attached hydrogen (secondary N) is 1. The third kappa shape index (κ3) is 4.69. The third-order valence-electron chi connectivity index (χ3n) is 3.35. The van der Waals surface area contributed by atoms with E-state index in [0.717, 1.165) is 12.1 Å². The second-order valence-electron chi connectivity index (χ2n) is 5.07. The van der Waals surface area contributed by atoms with E-state index < -0.39 is 15.8 Å². The molecule has 0 spiro atoms. The number of aromatic hydroxyl groups is 1. The van der Waals surface area contributed by atoms with Crippen molar-refractivity contribution in [2.45, 2.75) is 25.2 Å². The van der Waals surface area contributed by atoms with Gasteiger partial charge in [-0.05, 0) is 55.8 Å². The van der Waals surface area contributed by atoms with Crippen LogP contribution < -0.4 is 9.57 Å². The van der Waals surface area contributed by atoms with Crippen molar-refractivity contribution in [2.24, 2.45) is 5.10 Å². The van der Waals surface area contributed by atoms with Crippen LogP contribution in [0, 0.1) is 5.82 Å². The molecule has 0 unspecified atom stereocenters. The van der Waals surface area contributed by atoms with Crippen molar-refractivity contribution in [3.8, 4) is 11.5 Å². The van der Waals surface area contributed by atoms with Gasteiger partial charge in [-0.25, -0.2) is 4.39 Å². The first kappa shape index (κ1) is 18.7. The normalized spacial score (nSPS) is 12.0. The van der Waals surface area contributed by atoms with Crippen molar-refractivity contribution in [1.82, 2.24) is 4.83 Å². The molecule has 0 aromatic heterocycles. The summed E-state index contributed by atoms with van der Waals surface area (Å²) < 4.78 is 43.3. The van der Waals surface area contributed by atoms with Crippen molar-refractivity contribution in [3.05, 3.63) is 53.8 Å². The predicted octanol–water partition coefficient (Wildman–Crippen LogP) is 3.02. The van der Waals surface area contributed by atoms with Gasteiger partial charge in [0.1, 0.15) is 17.3 Å². The minimum absolute atomic E-state index is 0.0126.